The fraction of sp³-hybridized carbons (Fsp3) is 0.286. The van der Waals surface area contributed by atoms with E-state index in [9.17, 15) is 8.42 Å². The third-order valence-corrected chi connectivity index (χ3v) is 6.14. The molecule has 0 bridgehead atoms. The summed E-state index contributed by atoms with van der Waals surface area (Å²) in [5, 5.41) is 3.96. The Kier molecular flexibility index (Phi) is 3.99. The van der Waals surface area contributed by atoms with Gasteiger partial charge in [0.25, 0.3) is 0 Å². The first-order chi connectivity index (χ1) is 10.1. The Hall–Kier alpha value is -1.41. The molecule has 112 valence electrons. The number of nitrogens with zero attached hydrogens (tertiary/aromatic N) is 1. The molecule has 1 aliphatic carbocycles. The van der Waals surface area contributed by atoms with Crippen molar-refractivity contribution in [2.45, 2.75) is 30.3 Å². The summed E-state index contributed by atoms with van der Waals surface area (Å²) in [6.45, 7) is 0.438. The molecule has 0 spiro atoms. The van der Waals surface area contributed by atoms with Crippen molar-refractivity contribution in [2.24, 2.45) is 5.84 Å². The molecule has 21 heavy (non-hydrogen) atoms. The van der Waals surface area contributed by atoms with Crippen LogP contribution in [0.5, 0.6) is 0 Å². The summed E-state index contributed by atoms with van der Waals surface area (Å²) in [6.07, 6.45) is 1.87. The molecule has 2 aromatic rings. The van der Waals surface area contributed by atoms with Gasteiger partial charge in [-0.2, -0.15) is 15.6 Å². The zero-order valence-electron chi connectivity index (χ0n) is 11.4. The number of thiophene rings is 1. The average Bonchev–Trinajstić information content (AvgIpc) is 3.20. The fourth-order valence-electron chi connectivity index (χ4n) is 2.19. The topological polar surface area (TPSA) is 75.4 Å². The lowest BCUT2D eigenvalue weighted by molar-refractivity contribution is 0.399. The Morgan fingerprint density at radius 1 is 1.24 bits per heavy atom. The Morgan fingerprint density at radius 2 is 1.95 bits per heavy atom. The summed E-state index contributed by atoms with van der Waals surface area (Å²) in [5.74, 6) is 5.31. The van der Waals surface area contributed by atoms with Gasteiger partial charge in [-0.05, 0) is 59.5 Å². The van der Waals surface area contributed by atoms with E-state index in [-0.39, 0.29) is 6.04 Å². The number of hydrazine groups is 1. The lowest BCUT2D eigenvalue weighted by Crippen LogP contribution is -2.32. The van der Waals surface area contributed by atoms with Crippen LogP contribution in [0.25, 0.3) is 0 Å². The maximum atomic E-state index is 12.8. The second-order valence-electron chi connectivity index (χ2n) is 5.08. The largest absolute Gasteiger partial charge is 0.324 e. The molecule has 3 rings (SSSR count). The molecule has 1 heterocycles. The maximum Gasteiger partial charge on any atom is 0.243 e. The van der Waals surface area contributed by atoms with E-state index in [0.29, 0.717) is 17.1 Å². The fourth-order valence-corrected chi connectivity index (χ4v) is 4.53. The van der Waals surface area contributed by atoms with E-state index >= 15 is 0 Å². The third kappa shape index (κ3) is 3.11. The van der Waals surface area contributed by atoms with Crippen LogP contribution in [0.3, 0.4) is 0 Å². The average molecular weight is 323 g/mol. The predicted octanol–water partition coefficient (Wildman–Crippen LogP) is 2.39. The maximum absolute atomic E-state index is 12.8. The molecular formula is C14H17N3O2S2. The van der Waals surface area contributed by atoms with Crippen LogP contribution in [-0.4, -0.2) is 18.8 Å². The number of nitrogens with one attached hydrogen (secondary N) is 1. The van der Waals surface area contributed by atoms with Crippen molar-refractivity contribution in [3.8, 4) is 0 Å². The summed E-state index contributed by atoms with van der Waals surface area (Å²) in [4.78, 5) is 0.309. The molecule has 7 heteroatoms. The highest BCUT2D eigenvalue weighted by Gasteiger charge is 2.38. The van der Waals surface area contributed by atoms with Crippen molar-refractivity contribution in [2.75, 3.05) is 5.43 Å². The van der Waals surface area contributed by atoms with Gasteiger partial charge in [0.1, 0.15) is 0 Å². The number of benzene rings is 1. The molecule has 0 unspecified atom stereocenters. The first kappa shape index (κ1) is 14.5. The van der Waals surface area contributed by atoms with Crippen LogP contribution in [0.2, 0.25) is 0 Å². The molecule has 0 amide bonds. The van der Waals surface area contributed by atoms with E-state index in [0.717, 1.165) is 18.4 Å². The van der Waals surface area contributed by atoms with Gasteiger partial charge in [0, 0.05) is 18.3 Å². The third-order valence-electron chi connectivity index (χ3n) is 3.50. The van der Waals surface area contributed by atoms with Crippen molar-refractivity contribution in [3.05, 3.63) is 46.7 Å². The van der Waals surface area contributed by atoms with Gasteiger partial charge in [-0.25, -0.2) is 8.42 Å². The second-order valence-corrected chi connectivity index (χ2v) is 7.75. The SMILES string of the molecule is NNc1ccc(S(=O)(=O)N(Cc2ccsc2)C2CC2)cc1. The van der Waals surface area contributed by atoms with Gasteiger partial charge in [-0.15, -0.1) is 0 Å². The van der Waals surface area contributed by atoms with Crippen LogP contribution in [-0.2, 0) is 16.6 Å². The van der Waals surface area contributed by atoms with Crippen molar-refractivity contribution < 1.29 is 8.42 Å². The van der Waals surface area contributed by atoms with Crippen molar-refractivity contribution in [3.63, 3.8) is 0 Å². The van der Waals surface area contributed by atoms with E-state index in [4.69, 9.17) is 5.84 Å². The van der Waals surface area contributed by atoms with Crippen LogP contribution < -0.4 is 11.3 Å². The van der Waals surface area contributed by atoms with Gasteiger partial charge in [-0.3, -0.25) is 5.84 Å². The van der Waals surface area contributed by atoms with Gasteiger partial charge in [0.2, 0.25) is 10.0 Å². The first-order valence-corrected chi connectivity index (χ1v) is 9.09. The minimum atomic E-state index is -3.47. The number of nitrogen functional groups attached to an aromatic ring is 1. The zero-order chi connectivity index (χ0) is 14.9. The summed E-state index contributed by atoms with van der Waals surface area (Å²) in [6, 6.07) is 8.62. The number of hydrogen-bond donors (Lipinski definition) is 2. The molecule has 1 aromatic carbocycles. The quantitative estimate of drug-likeness (QED) is 0.632. The monoisotopic (exact) mass is 323 g/mol. The molecule has 0 atom stereocenters. The van der Waals surface area contributed by atoms with Crippen molar-refractivity contribution >= 4 is 27.0 Å². The van der Waals surface area contributed by atoms with E-state index < -0.39 is 10.0 Å². The minimum Gasteiger partial charge on any atom is -0.324 e. The lowest BCUT2D eigenvalue weighted by Gasteiger charge is -2.21. The molecule has 1 aromatic heterocycles. The summed E-state index contributed by atoms with van der Waals surface area (Å²) in [7, 11) is -3.47. The van der Waals surface area contributed by atoms with E-state index in [1.807, 2.05) is 16.8 Å². The summed E-state index contributed by atoms with van der Waals surface area (Å²) >= 11 is 1.58. The molecule has 1 fully saturated rings. The summed E-state index contributed by atoms with van der Waals surface area (Å²) < 4.78 is 27.2. The van der Waals surface area contributed by atoms with Gasteiger partial charge < -0.3 is 5.43 Å². The molecule has 5 nitrogen and oxygen atoms in total. The van der Waals surface area contributed by atoms with Crippen molar-refractivity contribution in [1.29, 1.82) is 0 Å². The molecule has 1 saturated carbocycles. The van der Waals surface area contributed by atoms with Crippen molar-refractivity contribution in [1.82, 2.24) is 4.31 Å². The molecule has 0 radical (unpaired) electrons. The predicted molar refractivity (Wildman–Crippen MR) is 84.3 cm³/mol. The van der Waals surface area contributed by atoms with Gasteiger partial charge >= 0.3 is 0 Å². The number of nitrogens with two attached hydrogens (primary N) is 1. The number of sulfonamides is 1. The first-order valence-electron chi connectivity index (χ1n) is 6.71. The minimum absolute atomic E-state index is 0.127. The van der Waals surface area contributed by atoms with Gasteiger partial charge in [0.15, 0.2) is 0 Å². The van der Waals surface area contributed by atoms with E-state index in [1.54, 1.807) is 39.9 Å². The Morgan fingerprint density at radius 3 is 2.48 bits per heavy atom. The molecule has 1 aliphatic rings. The van der Waals surface area contributed by atoms with Crippen LogP contribution in [0.4, 0.5) is 5.69 Å². The Labute approximate surface area is 128 Å². The molecule has 0 aliphatic heterocycles. The van der Waals surface area contributed by atoms with Gasteiger partial charge in [0.05, 0.1) is 4.90 Å². The molecular weight excluding hydrogens is 306 g/mol. The van der Waals surface area contributed by atoms with Crippen LogP contribution in [0.15, 0.2) is 46.0 Å². The van der Waals surface area contributed by atoms with Gasteiger partial charge in [-0.1, -0.05) is 0 Å². The van der Waals surface area contributed by atoms with E-state index in [2.05, 4.69) is 5.43 Å². The second kappa shape index (κ2) is 5.76. The normalized spacial score (nSPS) is 15.3. The Balaban J connectivity index is 1.89. The van der Waals surface area contributed by atoms with E-state index in [1.165, 1.54) is 0 Å². The standard InChI is InChI=1S/C14H17N3O2S2/c15-16-12-1-5-14(6-2-12)21(18,19)17(13-3-4-13)9-11-7-8-20-10-11/h1-2,5-8,10,13,16H,3-4,9,15H2. The summed E-state index contributed by atoms with van der Waals surface area (Å²) in [5.41, 5.74) is 4.22. The molecule has 0 saturated heterocycles. The smallest absolute Gasteiger partial charge is 0.243 e. The highest BCUT2D eigenvalue weighted by Crippen LogP contribution is 2.34. The zero-order valence-corrected chi connectivity index (χ0v) is 13.0. The Bertz CT molecular complexity index is 692. The lowest BCUT2D eigenvalue weighted by atomic mass is 10.3. The van der Waals surface area contributed by atoms with Crippen LogP contribution >= 0.6 is 11.3 Å². The van der Waals surface area contributed by atoms with Crippen LogP contribution in [0.1, 0.15) is 18.4 Å². The highest BCUT2D eigenvalue weighted by molar-refractivity contribution is 7.89. The molecule has 3 N–H and O–H groups in total. The number of rotatable bonds is 6. The van der Waals surface area contributed by atoms with Crippen LogP contribution in [0, 0.1) is 0 Å². The number of anilines is 1. The highest BCUT2D eigenvalue weighted by atomic mass is 32.2. The number of hydrogen-bond acceptors (Lipinski definition) is 5.